The van der Waals surface area contributed by atoms with Crippen molar-refractivity contribution in [1.29, 1.82) is 0 Å². The van der Waals surface area contributed by atoms with Crippen LogP contribution in [-0.2, 0) is 0 Å². The molecule has 24 heavy (non-hydrogen) atoms. The second kappa shape index (κ2) is 5.96. The Morgan fingerprint density at radius 3 is 2.67 bits per heavy atom. The summed E-state index contributed by atoms with van der Waals surface area (Å²) < 4.78 is 0. The quantitative estimate of drug-likeness (QED) is 0.571. The number of pyridine rings is 1. The van der Waals surface area contributed by atoms with Gasteiger partial charge < -0.3 is 10.3 Å². The zero-order valence-corrected chi connectivity index (χ0v) is 12.7. The number of benzene rings is 2. The van der Waals surface area contributed by atoms with Gasteiger partial charge in [-0.05, 0) is 19.1 Å². The molecule has 1 heterocycles. The zero-order valence-electron chi connectivity index (χ0n) is 12.7. The number of fused-ring (bicyclic) bond motifs is 1. The Bertz CT molecular complexity index is 1020. The van der Waals surface area contributed by atoms with Crippen LogP contribution in [0.3, 0.4) is 0 Å². The first-order valence-electron chi connectivity index (χ1n) is 7.14. The van der Waals surface area contributed by atoms with Crippen molar-refractivity contribution in [3.63, 3.8) is 0 Å². The first-order chi connectivity index (χ1) is 11.5. The lowest BCUT2D eigenvalue weighted by Crippen LogP contribution is -2.17. The molecule has 7 heteroatoms. The van der Waals surface area contributed by atoms with Crippen LogP contribution < -0.4 is 10.9 Å². The molecule has 3 aromatic rings. The molecule has 0 aliphatic rings. The Labute approximate surface area is 136 Å². The van der Waals surface area contributed by atoms with Gasteiger partial charge in [0.1, 0.15) is 0 Å². The molecule has 1 amide bonds. The van der Waals surface area contributed by atoms with E-state index in [9.17, 15) is 19.7 Å². The van der Waals surface area contributed by atoms with Gasteiger partial charge in [-0.3, -0.25) is 19.7 Å². The van der Waals surface area contributed by atoms with E-state index in [1.54, 1.807) is 43.3 Å². The first kappa shape index (κ1) is 15.4. The number of anilines is 1. The molecule has 0 radical (unpaired) electrons. The largest absolute Gasteiger partial charge is 0.322 e. The minimum atomic E-state index is -0.506. The highest BCUT2D eigenvalue weighted by molar-refractivity contribution is 6.12. The van der Waals surface area contributed by atoms with Gasteiger partial charge in [0.2, 0.25) is 5.56 Å². The lowest BCUT2D eigenvalue weighted by Gasteiger charge is -2.08. The van der Waals surface area contributed by atoms with Crippen molar-refractivity contribution < 1.29 is 9.72 Å². The van der Waals surface area contributed by atoms with Gasteiger partial charge >= 0.3 is 0 Å². The van der Waals surface area contributed by atoms with Crippen LogP contribution in [0.2, 0.25) is 0 Å². The standard InChI is InChI=1S/C17H13N3O4/c1-10-6-7-11(8-15(10)20(23)24)18-17(22)13-9-16(21)19-14-5-3-2-4-12(13)14/h2-9H,1H3,(H,18,22)(H,19,21). The Hall–Kier alpha value is -3.48. The molecule has 0 aliphatic heterocycles. The van der Waals surface area contributed by atoms with Gasteiger partial charge in [0.05, 0.1) is 10.5 Å². The number of amides is 1. The van der Waals surface area contributed by atoms with Crippen LogP contribution in [0.5, 0.6) is 0 Å². The summed E-state index contributed by atoms with van der Waals surface area (Å²) >= 11 is 0. The minimum Gasteiger partial charge on any atom is -0.322 e. The van der Waals surface area contributed by atoms with E-state index in [0.717, 1.165) is 0 Å². The summed E-state index contributed by atoms with van der Waals surface area (Å²) in [5, 5.41) is 14.2. The number of H-pyrrole nitrogens is 1. The van der Waals surface area contributed by atoms with E-state index in [0.29, 0.717) is 22.2 Å². The fourth-order valence-corrected chi connectivity index (χ4v) is 2.47. The number of nitrogens with zero attached hydrogens (tertiary/aromatic N) is 1. The molecule has 3 rings (SSSR count). The van der Waals surface area contributed by atoms with Crippen LogP contribution in [0, 0.1) is 17.0 Å². The third kappa shape index (κ3) is 2.87. The fraction of sp³-hybridized carbons (Fsp3) is 0.0588. The average molecular weight is 323 g/mol. The van der Waals surface area contributed by atoms with Crippen molar-refractivity contribution in [2.45, 2.75) is 6.92 Å². The molecule has 2 N–H and O–H groups in total. The molecule has 0 fully saturated rings. The molecular weight excluding hydrogens is 310 g/mol. The molecule has 0 spiro atoms. The van der Waals surface area contributed by atoms with Crippen molar-refractivity contribution in [3.8, 4) is 0 Å². The Balaban J connectivity index is 2.01. The monoisotopic (exact) mass is 323 g/mol. The van der Waals surface area contributed by atoms with Crippen LogP contribution in [0.25, 0.3) is 10.9 Å². The number of nitro benzene ring substituents is 1. The highest BCUT2D eigenvalue weighted by Crippen LogP contribution is 2.23. The maximum Gasteiger partial charge on any atom is 0.274 e. The van der Waals surface area contributed by atoms with E-state index in [1.807, 2.05) is 0 Å². The number of rotatable bonds is 3. The molecule has 0 saturated heterocycles. The van der Waals surface area contributed by atoms with E-state index in [4.69, 9.17) is 0 Å². The second-order valence-corrected chi connectivity index (χ2v) is 5.31. The SMILES string of the molecule is Cc1ccc(NC(=O)c2cc(=O)[nH]c3ccccc23)cc1[N+](=O)[O-]. The third-order valence-electron chi connectivity index (χ3n) is 3.66. The first-order valence-corrected chi connectivity index (χ1v) is 7.14. The molecule has 0 bridgehead atoms. The smallest absolute Gasteiger partial charge is 0.274 e. The van der Waals surface area contributed by atoms with Gasteiger partial charge in [0.25, 0.3) is 11.6 Å². The molecule has 2 aromatic carbocycles. The van der Waals surface area contributed by atoms with Crippen molar-refractivity contribution in [1.82, 2.24) is 4.98 Å². The van der Waals surface area contributed by atoms with E-state index >= 15 is 0 Å². The number of aromatic amines is 1. The summed E-state index contributed by atoms with van der Waals surface area (Å²) in [7, 11) is 0. The molecule has 0 unspecified atom stereocenters. The van der Waals surface area contributed by atoms with Gasteiger partial charge in [-0.2, -0.15) is 0 Å². The van der Waals surface area contributed by atoms with Gasteiger partial charge in [0, 0.05) is 34.3 Å². The van der Waals surface area contributed by atoms with Crippen molar-refractivity contribution >= 4 is 28.2 Å². The lowest BCUT2D eigenvalue weighted by atomic mass is 10.1. The number of hydrogen-bond donors (Lipinski definition) is 2. The Morgan fingerprint density at radius 2 is 1.92 bits per heavy atom. The van der Waals surface area contributed by atoms with Gasteiger partial charge in [-0.25, -0.2) is 0 Å². The Morgan fingerprint density at radius 1 is 1.17 bits per heavy atom. The van der Waals surface area contributed by atoms with Crippen LogP contribution in [0.4, 0.5) is 11.4 Å². The summed E-state index contributed by atoms with van der Waals surface area (Å²) in [5.41, 5.74) is 1.07. The van der Waals surface area contributed by atoms with Crippen LogP contribution >= 0.6 is 0 Å². The third-order valence-corrected chi connectivity index (χ3v) is 3.66. The topological polar surface area (TPSA) is 105 Å². The van der Waals surface area contributed by atoms with Crippen LogP contribution in [0.15, 0.2) is 53.3 Å². The number of para-hydroxylation sites is 1. The van der Waals surface area contributed by atoms with Gasteiger partial charge in [0.15, 0.2) is 0 Å². The van der Waals surface area contributed by atoms with Crippen molar-refractivity contribution in [3.05, 3.63) is 80.1 Å². The summed E-state index contributed by atoms with van der Waals surface area (Å²) in [6.45, 7) is 1.62. The summed E-state index contributed by atoms with van der Waals surface area (Å²) in [5.74, 6) is -0.504. The Kier molecular flexibility index (Phi) is 3.83. The highest BCUT2D eigenvalue weighted by Gasteiger charge is 2.15. The maximum absolute atomic E-state index is 12.5. The number of nitro groups is 1. The van der Waals surface area contributed by atoms with E-state index in [-0.39, 0.29) is 11.3 Å². The van der Waals surface area contributed by atoms with Crippen molar-refractivity contribution in [2.75, 3.05) is 5.32 Å². The molecule has 7 nitrogen and oxygen atoms in total. The van der Waals surface area contributed by atoms with E-state index < -0.39 is 16.4 Å². The number of carbonyl (C=O) groups excluding carboxylic acids is 1. The molecule has 1 aromatic heterocycles. The molecule has 120 valence electrons. The van der Waals surface area contributed by atoms with E-state index in [1.165, 1.54) is 12.1 Å². The second-order valence-electron chi connectivity index (χ2n) is 5.31. The molecule has 0 saturated carbocycles. The predicted molar refractivity (Wildman–Crippen MR) is 90.4 cm³/mol. The lowest BCUT2D eigenvalue weighted by molar-refractivity contribution is -0.385. The number of aromatic nitrogens is 1. The number of nitrogens with one attached hydrogen (secondary N) is 2. The number of hydrogen-bond acceptors (Lipinski definition) is 4. The molecule has 0 aliphatic carbocycles. The van der Waals surface area contributed by atoms with Crippen LogP contribution in [0.1, 0.15) is 15.9 Å². The fourth-order valence-electron chi connectivity index (χ4n) is 2.47. The van der Waals surface area contributed by atoms with Gasteiger partial charge in [-0.1, -0.05) is 24.3 Å². The summed E-state index contributed by atoms with van der Waals surface area (Å²) in [6.07, 6.45) is 0. The van der Waals surface area contributed by atoms with Gasteiger partial charge in [-0.15, -0.1) is 0 Å². The zero-order chi connectivity index (χ0) is 17.3. The van der Waals surface area contributed by atoms with Crippen molar-refractivity contribution in [2.24, 2.45) is 0 Å². The number of aryl methyl sites for hydroxylation is 1. The van der Waals surface area contributed by atoms with E-state index in [2.05, 4.69) is 10.3 Å². The number of carbonyl (C=O) groups is 1. The molecular formula is C17H13N3O4. The average Bonchev–Trinajstić information content (AvgIpc) is 2.55. The summed E-state index contributed by atoms with van der Waals surface area (Å²) in [4.78, 5) is 37.4. The molecule has 0 atom stereocenters. The normalized spacial score (nSPS) is 10.5. The minimum absolute atomic E-state index is 0.0800. The highest BCUT2D eigenvalue weighted by atomic mass is 16.6. The maximum atomic E-state index is 12.5. The predicted octanol–water partition coefficient (Wildman–Crippen LogP) is 3.00. The summed E-state index contributed by atoms with van der Waals surface area (Å²) in [6, 6.07) is 12.6. The van der Waals surface area contributed by atoms with Crippen LogP contribution in [-0.4, -0.2) is 15.8 Å².